The number of aryl methyl sites for hydroxylation is 1. The average molecular weight is 483 g/mol. The number of benzene rings is 3. The number of esters is 1. The van der Waals surface area contributed by atoms with Gasteiger partial charge in [-0.3, -0.25) is 4.79 Å². The standard InChI is InChI=1S/C28H31ClO5/c1-3-7-22-20-26(34-24-12-10-23(29)11-13-24)14-15-27(22)33-17-5-4-16-32-25-9-6-8-21(18-25)19-28(30)31-2/h6,8-15,18,20H,3-5,7,16-17,19H2,1-2H3. The first kappa shape index (κ1) is 25.4. The highest BCUT2D eigenvalue weighted by Gasteiger charge is 2.08. The molecule has 0 amide bonds. The van der Waals surface area contributed by atoms with E-state index in [2.05, 4.69) is 6.92 Å². The number of halogens is 1. The van der Waals surface area contributed by atoms with Crippen LogP contribution in [0.1, 0.15) is 37.3 Å². The first-order chi connectivity index (χ1) is 16.6. The molecule has 0 spiro atoms. The van der Waals surface area contributed by atoms with Crippen LogP contribution in [0.3, 0.4) is 0 Å². The van der Waals surface area contributed by atoms with E-state index in [4.69, 9.17) is 30.5 Å². The second kappa shape index (κ2) is 13.5. The van der Waals surface area contributed by atoms with E-state index in [1.807, 2.05) is 66.7 Å². The predicted molar refractivity (Wildman–Crippen MR) is 134 cm³/mol. The Hall–Kier alpha value is -3.18. The number of unbranched alkanes of at least 4 members (excludes halogenated alkanes) is 1. The van der Waals surface area contributed by atoms with Crippen LogP contribution in [0.4, 0.5) is 0 Å². The number of hydrogen-bond acceptors (Lipinski definition) is 5. The first-order valence-electron chi connectivity index (χ1n) is 11.5. The fourth-order valence-corrected chi connectivity index (χ4v) is 3.55. The number of rotatable bonds is 13. The zero-order chi connectivity index (χ0) is 24.2. The minimum Gasteiger partial charge on any atom is -0.494 e. The zero-order valence-electron chi connectivity index (χ0n) is 19.7. The molecule has 180 valence electrons. The summed E-state index contributed by atoms with van der Waals surface area (Å²) in [6.07, 6.45) is 3.91. The van der Waals surface area contributed by atoms with E-state index in [0.717, 1.165) is 59.8 Å². The number of ether oxygens (including phenoxy) is 4. The van der Waals surface area contributed by atoms with E-state index in [-0.39, 0.29) is 12.4 Å². The van der Waals surface area contributed by atoms with Crippen LogP contribution in [0.2, 0.25) is 5.02 Å². The molecule has 0 bridgehead atoms. The van der Waals surface area contributed by atoms with Gasteiger partial charge >= 0.3 is 5.97 Å². The van der Waals surface area contributed by atoms with Gasteiger partial charge in [0.15, 0.2) is 0 Å². The highest BCUT2D eigenvalue weighted by Crippen LogP contribution is 2.29. The van der Waals surface area contributed by atoms with Gasteiger partial charge in [0.25, 0.3) is 0 Å². The van der Waals surface area contributed by atoms with Crippen molar-refractivity contribution in [3.05, 3.63) is 82.9 Å². The van der Waals surface area contributed by atoms with Crippen molar-refractivity contribution in [1.29, 1.82) is 0 Å². The molecule has 3 aromatic carbocycles. The lowest BCUT2D eigenvalue weighted by atomic mass is 10.1. The lowest BCUT2D eigenvalue weighted by Crippen LogP contribution is -2.06. The van der Waals surface area contributed by atoms with Crippen LogP contribution >= 0.6 is 11.6 Å². The SMILES string of the molecule is CCCc1cc(Oc2ccc(Cl)cc2)ccc1OCCCCOc1cccc(CC(=O)OC)c1. The summed E-state index contributed by atoms with van der Waals surface area (Å²) in [5.41, 5.74) is 2.01. The molecule has 3 aromatic rings. The topological polar surface area (TPSA) is 54.0 Å². The van der Waals surface area contributed by atoms with Gasteiger partial charge in [0.05, 0.1) is 26.7 Å². The number of methoxy groups -OCH3 is 1. The van der Waals surface area contributed by atoms with Crippen molar-refractivity contribution in [3.63, 3.8) is 0 Å². The van der Waals surface area contributed by atoms with E-state index in [1.165, 1.54) is 7.11 Å². The molecule has 0 heterocycles. The van der Waals surface area contributed by atoms with Crippen LogP contribution in [-0.4, -0.2) is 26.3 Å². The maximum absolute atomic E-state index is 11.4. The van der Waals surface area contributed by atoms with Crippen molar-refractivity contribution in [1.82, 2.24) is 0 Å². The highest BCUT2D eigenvalue weighted by molar-refractivity contribution is 6.30. The van der Waals surface area contributed by atoms with E-state index < -0.39 is 0 Å². The van der Waals surface area contributed by atoms with Gasteiger partial charge in [-0.1, -0.05) is 37.1 Å². The molecule has 0 aromatic heterocycles. The van der Waals surface area contributed by atoms with Crippen molar-refractivity contribution in [3.8, 4) is 23.0 Å². The Morgan fingerprint density at radius 1 is 0.853 bits per heavy atom. The molecule has 0 aliphatic heterocycles. The number of carbonyl (C=O) groups is 1. The highest BCUT2D eigenvalue weighted by atomic mass is 35.5. The van der Waals surface area contributed by atoms with Gasteiger partial charge in [0.1, 0.15) is 23.0 Å². The van der Waals surface area contributed by atoms with Crippen LogP contribution in [0, 0.1) is 0 Å². The maximum atomic E-state index is 11.4. The summed E-state index contributed by atoms with van der Waals surface area (Å²) >= 11 is 5.95. The van der Waals surface area contributed by atoms with Crippen LogP contribution in [0.5, 0.6) is 23.0 Å². The molecule has 0 aliphatic carbocycles. The molecule has 34 heavy (non-hydrogen) atoms. The van der Waals surface area contributed by atoms with Crippen LogP contribution in [-0.2, 0) is 22.4 Å². The molecule has 5 nitrogen and oxygen atoms in total. The summed E-state index contributed by atoms with van der Waals surface area (Å²) in [7, 11) is 1.39. The van der Waals surface area contributed by atoms with Gasteiger partial charge in [-0.2, -0.15) is 0 Å². The molecule has 0 N–H and O–H groups in total. The van der Waals surface area contributed by atoms with E-state index >= 15 is 0 Å². The van der Waals surface area contributed by atoms with Crippen molar-refractivity contribution >= 4 is 17.6 Å². The van der Waals surface area contributed by atoms with E-state index in [1.54, 1.807) is 0 Å². The van der Waals surface area contributed by atoms with Crippen molar-refractivity contribution < 1.29 is 23.7 Å². The second-order valence-corrected chi connectivity index (χ2v) is 8.32. The van der Waals surface area contributed by atoms with Gasteiger partial charge in [0, 0.05) is 5.02 Å². The van der Waals surface area contributed by atoms with Crippen molar-refractivity contribution in [2.75, 3.05) is 20.3 Å². The Balaban J connectivity index is 1.44. The monoisotopic (exact) mass is 482 g/mol. The summed E-state index contributed by atoms with van der Waals surface area (Å²) in [5, 5.41) is 0.681. The van der Waals surface area contributed by atoms with Gasteiger partial charge in [0.2, 0.25) is 0 Å². The Morgan fingerprint density at radius 3 is 2.32 bits per heavy atom. The Morgan fingerprint density at radius 2 is 1.59 bits per heavy atom. The third-order valence-corrected chi connectivity index (χ3v) is 5.39. The predicted octanol–water partition coefficient (Wildman–Crippen LogP) is 7.04. The Bertz CT molecular complexity index is 1050. The quantitative estimate of drug-likeness (QED) is 0.193. The Labute approximate surface area is 206 Å². The van der Waals surface area contributed by atoms with Gasteiger partial charge < -0.3 is 18.9 Å². The van der Waals surface area contributed by atoms with Crippen LogP contribution in [0.15, 0.2) is 66.7 Å². The number of carbonyl (C=O) groups excluding carboxylic acids is 1. The lowest BCUT2D eigenvalue weighted by molar-refractivity contribution is -0.139. The summed E-state index contributed by atoms with van der Waals surface area (Å²) in [6.45, 7) is 3.34. The van der Waals surface area contributed by atoms with Gasteiger partial charge in [-0.15, -0.1) is 0 Å². The fraction of sp³-hybridized carbons (Fsp3) is 0.321. The van der Waals surface area contributed by atoms with Crippen molar-refractivity contribution in [2.45, 2.75) is 39.0 Å². The molecule has 0 atom stereocenters. The molecule has 0 saturated heterocycles. The normalized spacial score (nSPS) is 10.6. The minimum atomic E-state index is -0.263. The van der Waals surface area contributed by atoms with Crippen LogP contribution in [0.25, 0.3) is 0 Å². The minimum absolute atomic E-state index is 0.241. The average Bonchev–Trinajstić information content (AvgIpc) is 2.84. The molecular weight excluding hydrogens is 452 g/mol. The summed E-state index contributed by atoms with van der Waals surface area (Å²) in [5.74, 6) is 2.91. The van der Waals surface area contributed by atoms with E-state index in [9.17, 15) is 4.79 Å². The molecule has 0 radical (unpaired) electrons. The summed E-state index contributed by atoms with van der Waals surface area (Å²) in [6, 6.07) is 20.8. The smallest absolute Gasteiger partial charge is 0.309 e. The molecule has 0 unspecified atom stereocenters. The zero-order valence-corrected chi connectivity index (χ0v) is 20.5. The van der Waals surface area contributed by atoms with E-state index in [0.29, 0.717) is 18.2 Å². The molecule has 3 rings (SSSR count). The third-order valence-electron chi connectivity index (χ3n) is 5.14. The largest absolute Gasteiger partial charge is 0.494 e. The first-order valence-corrected chi connectivity index (χ1v) is 11.9. The van der Waals surface area contributed by atoms with Crippen LogP contribution < -0.4 is 14.2 Å². The second-order valence-electron chi connectivity index (χ2n) is 7.88. The van der Waals surface area contributed by atoms with Gasteiger partial charge in [-0.25, -0.2) is 0 Å². The maximum Gasteiger partial charge on any atom is 0.309 e. The molecule has 0 fully saturated rings. The fourth-order valence-electron chi connectivity index (χ4n) is 3.42. The Kier molecular flexibility index (Phi) is 10.1. The number of hydrogen-bond donors (Lipinski definition) is 0. The molecule has 0 aliphatic rings. The molecular formula is C28H31ClO5. The summed E-state index contributed by atoms with van der Waals surface area (Å²) < 4.78 is 22.5. The molecule has 6 heteroatoms. The molecule has 0 saturated carbocycles. The third kappa shape index (κ3) is 8.31. The summed E-state index contributed by atoms with van der Waals surface area (Å²) in [4.78, 5) is 11.4. The lowest BCUT2D eigenvalue weighted by Gasteiger charge is -2.14. The van der Waals surface area contributed by atoms with Crippen molar-refractivity contribution in [2.24, 2.45) is 0 Å². The van der Waals surface area contributed by atoms with Gasteiger partial charge in [-0.05, 0) is 85.0 Å².